The first-order valence-electron chi connectivity index (χ1n) is 10.2. The maximum atomic E-state index is 12.9. The Bertz CT molecular complexity index is 1110. The maximum Gasteiger partial charge on any atom is 0.417 e. The van der Waals surface area contributed by atoms with E-state index in [1.54, 1.807) is 0 Å². The van der Waals surface area contributed by atoms with Crippen LogP contribution >= 0.6 is 11.6 Å². The summed E-state index contributed by atoms with van der Waals surface area (Å²) in [6.45, 7) is 5.23. The molecule has 0 amide bonds. The van der Waals surface area contributed by atoms with Crippen molar-refractivity contribution in [2.24, 2.45) is 0 Å². The third-order valence-electron chi connectivity index (χ3n) is 5.79. The highest BCUT2D eigenvalue weighted by Gasteiger charge is 2.32. The van der Waals surface area contributed by atoms with Crippen LogP contribution in [0.3, 0.4) is 0 Å². The van der Waals surface area contributed by atoms with E-state index in [-0.39, 0.29) is 5.02 Å². The van der Waals surface area contributed by atoms with Crippen LogP contribution in [0.5, 0.6) is 0 Å². The summed E-state index contributed by atoms with van der Waals surface area (Å²) in [7, 11) is 0. The number of halogens is 4. The molecule has 2 aliphatic heterocycles. The second-order valence-corrected chi connectivity index (χ2v) is 8.07. The van der Waals surface area contributed by atoms with Crippen molar-refractivity contribution in [1.29, 1.82) is 0 Å². The van der Waals surface area contributed by atoms with Gasteiger partial charge in [0.25, 0.3) is 0 Å². The fourth-order valence-electron chi connectivity index (χ4n) is 4.13. The molecule has 1 aromatic carbocycles. The summed E-state index contributed by atoms with van der Waals surface area (Å²) in [6.07, 6.45) is -3.65. The molecule has 2 aliphatic rings. The van der Waals surface area contributed by atoms with Crippen LogP contribution < -0.4 is 14.7 Å². The SMILES string of the molecule is FC(F)(F)c1cnc(N2CCN(c3ccc(N4CCOCC4)c4nonc34)CC2)c(Cl)c1. The summed E-state index contributed by atoms with van der Waals surface area (Å²) >= 11 is 6.11. The standard InChI is InChI=1S/C20H20ClF3N6O2/c21-14-11-13(20(22,23)24)12-25-19(14)30-5-3-28(4-6-30)15-1-2-16(18-17(15)26-32-27-18)29-7-9-31-10-8-29/h1-2,11-12H,3-10H2. The number of alkyl halides is 3. The number of rotatable bonds is 3. The molecule has 8 nitrogen and oxygen atoms in total. The van der Waals surface area contributed by atoms with Crippen LogP contribution in [0.1, 0.15) is 5.56 Å². The molecule has 2 fully saturated rings. The second-order valence-electron chi connectivity index (χ2n) is 7.67. The molecule has 0 N–H and O–H groups in total. The molecule has 0 saturated carbocycles. The summed E-state index contributed by atoms with van der Waals surface area (Å²) in [4.78, 5) is 10.2. The van der Waals surface area contributed by atoms with Gasteiger partial charge in [-0.1, -0.05) is 11.6 Å². The predicted molar refractivity (Wildman–Crippen MR) is 114 cm³/mol. The molecule has 0 aliphatic carbocycles. The summed E-state index contributed by atoms with van der Waals surface area (Å²) in [5, 5.41) is 8.25. The third-order valence-corrected chi connectivity index (χ3v) is 6.07. The van der Waals surface area contributed by atoms with Crippen molar-refractivity contribution in [2.75, 3.05) is 67.2 Å². The first-order chi connectivity index (χ1) is 15.4. The molecular weight excluding hydrogens is 449 g/mol. The number of hydrogen-bond donors (Lipinski definition) is 0. The smallest absolute Gasteiger partial charge is 0.378 e. The van der Waals surface area contributed by atoms with Gasteiger partial charge in [0, 0.05) is 45.5 Å². The highest BCUT2D eigenvalue weighted by atomic mass is 35.5. The van der Waals surface area contributed by atoms with Crippen molar-refractivity contribution in [3.63, 3.8) is 0 Å². The number of pyridine rings is 1. The van der Waals surface area contributed by atoms with E-state index in [0.717, 1.165) is 36.7 Å². The lowest BCUT2D eigenvalue weighted by Gasteiger charge is -2.37. The first-order valence-corrected chi connectivity index (χ1v) is 10.6. The van der Waals surface area contributed by atoms with Crippen LogP contribution in [0.25, 0.3) is 11.0 Å². The summed E-state index contributed by atoms with van der Waals surface area (Å²) in [6, 6.07) is 4.95. The van der Waals surface area contributed by atoms with Gasteiger partial charge < -0.3 is 19.4 Å². The van der Waals surface area contributed by atoms with Crippen LogP contribution in [0.4, 0.5) is 30.4 Å². The lowest BCUT2D eigenvalue weighted by Crippen LogP contribution is -2.47. The average Bonchev–Trinajstić information content (AvgIpc) is 3.29. The van der Waals surface area contributed by atoms with Crippen LogP contribution in [0.2, 0.25) is 5.02 Å². The van der Waals surface area contributed by atoms with Crippen LogP contribution in [0.15, 0.2) is 29.0 Å². The summed E-state index contributed by atoms with van der Waals surface area (Å²) < 4.78 is 49.1. The Kier molecular flexibility index (Phi) is 5.46. The molecule has 2 saturated heterocycles. The number of aromatic nitrogens is 3. The minimum Gasteiger partial charge on any atom is -0.378 e. The van der Waals surface area contributed by atoms with E-state index in [9.17, 15) is 13.2 Å². The van der Waals surface area contributed by atoms with Gasteiger partial charge in [0.1, 0.15) is 5.82 Å². The average molecular weight is 469 g/mol. The Labute approximate surface area is 186 Å². The molecular formula is C20H20ClF3N6O2. The van der Waals surface area contributed by atoms with Crippen LogP contribution in [-0.2, 0) is 10.9 Å². The molecule has 0 radical (unpaired) electrons. The third kappa shape index (κ3) is 3.90. The van der Waals surface area contributed by atoms with Crippen molar-refractivity contribution < 1.29 is 22.5 Å². The molecule has 0 spiro atoms. The number of ether oxygens (including phenoxy) is 1. The van der Waals surface area contributed by atoms with Crippen molar-refractivity contribution >= 4 is 39.8 Å². The molecule has 0 bridgehead atoms. The van der Waals surface area contributed by atoms with E-state index in [1.807, 2.05) is 17.0 Å². The topological polar surface area (TPSA) is 70.8 Å². The number of morpholine rings is 1. The Hall–Kier alpha value is -2.79. The highest BCUT2D eigenvalue weighted by Crippen LogP contribution is 2.35. The molecule has 3 aromatic rings. The zero-order valence-corrected chi connectivity index (χ0v) is 17.7. The fourth-order valence-corrected chi connectivity index (χ4v) is 4.42. The minimum atomic E-state index is -4.47. The van der Waals surface area contributed by atoms with E-state index in [2.05, 4.69) is 25.1 Å². The number of piperazine rings is 1. The lowest BCUT2D eigenvalue weighted by atomic mass is 10.1. The minimum absolute atomic E-state index is 0.00812. The molecule has 0 atom stereocenters. The molecule has 12 heteroatoms. The number of fused-ring (bicyclic) bond motifs is 1. The van der Waals surface area contributed by atoms with Gasteiger partial charge in [-0.2, -0.15) is 13.2 Å². The molecule has 32 heavy (non-hydrogen) atoms. The van der Waals surface area contributed by atoms with E-state index in [1.165, 1.54) is 0 Å². The zero-order valence-electron chi connectivity index (χ0n) is 17.0. The number of anilines is 3. The summed E-state index contributed by atoms with van der Waals surface area (Å²) in [5.41, 5.74) is 2.41. The quantitative estimate of drug-likeness (QED) is 0.579. The van der Waals surface area contributed by atoms with Gasteiger partial charge >= 0.3 is 6.18 Å². The first kappa shape index (κ1) is 21.1. The second kappa shape index (κ2) is 8.28. The normalized spacial score (nSPS) is 17.9. The van der Waals surface area contributed by atoms with Gasteiger partial charge in [-0.25, -0.2) is 9.61 Å². The van der Waals surface area contributed by atoms with Gasteiger partial charge in [0.05, 0.1) is 35.2 Å². The monoisotopic (exact) mass is 468 g/mol. The molecule has 5 rings (SSSR count). The van der Waals surface area contributed by atoms with Crippen molar-refractivity contribution in [2.45, 2.75) is 6.18 Å². The van der Waals surface area contributed by atoms with Gasteiger partial charge in [-0.3, -0.25) is 0 Å². The van der Waals surface area contributed by atoms with Gasteiger partial charge in [0.2, 0.25) is 0 Å². The van der Waals surface area contributed by atoms with E-state index in [0.29, 0.717) is 56.2 Å². The Morgan fingerprint density at radius 2 is 1.41 bits per heavy atom. The molecule has 2 aromatic heterocycles. The van der Waals surface area contributed by atoms with Crippen LogP contribution in [0, 0.1) is 0 Å². The van der Waals surface area contributed by atoms with E-state index < -0.39 is 11.7 Å². The largest absolute Gasteiger partial charge is 0.417 e. The van der Waals surface area contributed by atoms with Crippen LogP contribution in [-0.4, -0.2) is 67.8 Å². The van der Waals surface area contributed by atoms with Gasteiger partial charge in [-0.15, -0.1) is 0 Å². The highest BCUT2D eigenvalue weighted by molar-refractivity contribution is 6.33. The fraction of sp³-hybridized carbons (Fsp3) is 0.450. The Morgan fingerprint density at radius 1 is 0.844 bits per heavy atom. The molecule has 0 unspecified atom stereocenters. The number of benzene rings is 1. The Balaban J connectivity index is 1.33. The molecule has 170 valence electrons. The molecule has 4 heterocycles. The van der Waals surface area contributed by atoms with Gasteiger partial charge in [-0.05, 0) is 28.5 Å². The summed E-state index contributed by atoms with van der Waals surface area (Å²) in [5.74, 6) is 0.357. The van der Waals surface area contributed by atoms with E-state index in [4.69, 9.17) is 21.0 Å². The number of hydrogen-bond acceptors (Lipinski definition) is 8. The predicted octanol–water partition coefficient (Wildman–Crippen LogP) is 3.45. The van der Waals surface area contributed by atoms with Crippen molar-refractivity contribution in [1.82, 2.24) is 15.3 Å². The maximum absolute atomic E-state index is 12.9. The van der Waals surface area contributed by atoms with E-state index >= 15 is 0 Å². The number of nitrogens with zero attached hydrogens (tertiary/aromatic N) is 6. The van der Waals surface area contributed by atoms with Gasteiger partial charge in [0.15, 0.2) is 11.0 Å². The van der Waals surface area contributed by atoms with Crippen molar-refractivity contribution in [3.8, 4) is 0 Å². The lowest BCUT2D eigenvalue weighted by molar-refractivity contribution is -0.137. The zero-order chi connectivity index (χ0) is 22.3. The Morgan fingerprint density at radius 3 is 1.97 bits per heavy atom. The van der Waals surface area contributed by atoms with Crippen molar-refractivity contribution in [3.05, 3.63) is 35.0 Å².